The number of rotatable bonds is 14. The Kier molecular flexibility index (Phi) is 11.6. The van der Waals surface area contributed by atoms with Crippen molar-refractivity contribution in [2.45, 2.75) is 32.2 Å². The lowest BCUT2D eigenvalue weighted by atomic mass is 9.94. The summed E-state index contributed by atoms with van der Waals surface area (Å²) < 4.78 is 5.71. The van der Waals surface area contributed by atoms with Gasteiger partial charge in [-0.3, -0.25) is 14.4 Å². The van der Waals surface area contributed by atoms with E-state index in [1.54, 1.807) is 36.3 Å². The molecule has 8 nitrogen and oxygen atoms in total. The molecule has 0 bridgehead atoms. The molecule has 0 aromatic heterocycles. The van der Waals surface area contributed by atoms with E-state index in [9.17, 15) is 24.3 Å². The van der Waals surface area contributed by atoms with Crippen LogP contribution in [0.25, 0.3) is 5.57 Å². The molecule has 0 aliphatic carbocycles. The molecule has 218 valence electrons. The van der Waals surface area contributed by atoms with Crippen molar-refractivity contribution in [2.24, 2.45) is 0 Å². The second kappa shape index (κ2) is 15.3. The highest BCUT2D eigenvalue weighted by Gasteiger charge is 2.25. The lowest BCUT2D eigenvalue weighted by Crippen LogP contribution is -2.41. The minimum absolute atomic E-state index is 0.0972. The topological polar surface area (TPSA) is 113 Å². The van der Waals surface area contributed by atoms with Gasteiger partial charge in [-0.2, -0.15) is 0 Å². The molecule has 0 radical (unpaired) electrons. The number of ketones is 1. The molecule has 0 saturated heterocycles. The minimum atomic E-state index is -1.06. The maximum atomic E-state index is 13.6. The highest BCUT2D eigenvalue weighted by molar-refractivity contribution is 6.31. The maximum Gasteiger partial charge on any atom is 0.335 e. The quantitative estimate of drug-likeness (QED) is 0.0750. The zero-order valence-corrected chi connectivity index (χ0v) is 24.4. The Morgan fingerprint density at radius 1 is 1.02 bits per heavy atom. The highest BCUT2D eigenvalue weighted by Crippen LogP contribution is 2.31. The van der Waals surface area contributed by atoms with Gasteiger partial charge >= 0.3 is 5.97 Å². The number of nitrogens with zero attached hydrogens (tertiary/aromatic N) is 1. The van der Waals surface area contributed by atoms with Gasteiger partial charge < -0.3 is 20.1 Å². The molecule has 0 heterocycles. The number of aldehydes is 1. The molecule has 42 heavy (non-hydrogen) atoms. The summed E-state index contributed by atoms with van der Waals surface area (Å²) >= 11 is 6.30. The van der Waals surface area contributed by atoms with Crippen LogP contribution in [0.2, 0.25) is 5.02 Å². The van der Waals surface area contributed by atoms with Gasteiger partial charge in [0.15, 0.2) is 5.78 Å². The summed E-state index contributed by atoms with van der Waals surface area (Å²) in [5.74, 6) is -1.27. The van der Waals surface area contributed by atoms with Crippen LogP contribution in [0.1, 0.15) is 51.6 Å². The first-order chi connectivity index (χ1) is 20.2. The Morgan fingerprint density at radius 3 is 2.31 bits per heavy atom. The molecule has 2 N–H and O–H groups in total. The number of amides is 1. The minimum Gasteiger partial charge on any atom is -0.495 e. The second-order valence-electron chi connectivity index (χ2n) is 9.52. The van der Waals surface area contributed by atoms with Crippen LogP contribution in [0, 0.1) is 0 Å². The van der Waals surface area contributed by atoms with Gasteiger partial charge in [0, 0.05) is 47.9 Å². The molecule has 0 spiro atoms. The van der Waals surface area contributed by atoms with Gasteiger partial charge in [0.1, 0.15) is 18.1 Å². The molecule has 3 aromatic rings. The van der Waals surface area contributed by atoms with E-state index in [2.05, 4.69) is 5.32 Å². The number of carbonyl (C=O) groups is 4. The van der Waals surface area contributed by atoms with E-state index in [-0.39, 0.29) is 23.0 Å². The number of halogens is 1. The molecule has 0 aliphatic rings. The number of carbonyl (C=O) groups excluding carboxylic acids is 3. The first-order valence-electron chi connectivity index (χ1n) is 13.3. The number of nitrogens with one attached hydrogen (secondary N) is 1. The molecule has 1 unspecified atom stereocenters. The van der Waals surface area contributed by atoms with Crippen molar-refractivity contribution >= 4 is 46.8 Å². The van der Waals surface area contributed by atoms with E-state index >= 15 is 0 Å². The first-order valence-corrected chi connectivity index (χ1v) is 13.7. The number of carboxylic acids is 1. The summed E-state index contributed by atoms with van der Waals surface area (Å²) in [5.41, 5.74) is 2.63. The number of aromatic carboxylic acids is 1. The van der Waals surface area contributed by atoms with Crippen molar-refractivity contribution in [1.82, 2.24) is 4.90 Å². The van der Waals surface area contributed by atoms with Crippen molar-refractivity contribution in [2.75, 3.05) is 19.5 Å². The second-order valence-corrected chi connectivity index (χ2v) is 9.96. The van der Waals surface area contributed by atoms with Crippen LogP contribution >= 0.6 is 11.6 Å². The van der Waals surface area contributed by atoms with Gasteiger partial charge in [0.05, 0.1) is 12.7 Å². The normalized spacial score (nSPS) is 12.3. The van der Waals surface area contributed by atoms with Crippen molar-refractivity contribution in [3.05, 3.63) is 118 Å². The summed E-state index contributed by atoms with van der Waals surface area (Å²) in [6, 6.07) is 19.5. The first kappa shape index (κ1) is 31.8. The average molecular weight is 589 g/mol. The summed E-state index contributed by atoms with van der Waals surface area (Å²) in [4.78, 5) is 51.2. The van der Waals surface area contributed by atoms with Gasteiger partial charge in [-0.05, 0) is 66.1 Å². The van der Waals surface area contributed by atoms with Crippen LogP contribution in [-0.4, -0.2) is 54.2 Å². The van der Waals surface area contributed by atoms with Crippen molar-refractivity contribution in [3.8, 4) is 0 Å². The standard InChI is InChI=1S/C33H33ClN2O6/c1-4-8-30(38)26-16-13-24(34)20-28(26)27(17-18-37)31(42-3)21-36(2)29(19-22-9-6-5-7-10-22)32(39)35-25-14-11-23(12-15-25)33(40)41/h5-7,9-18,20-21,29H,4,8,19H2,1-3H3,(H,35,39)(H,40,41)/b27-17-,31-21+. The number of hydrogen-bond acceptors (Lipinski definition) is 6. The fraction of sp³-hybridized carbons (Fsp3) is 0.212. The van der Waals surface area contributed by atoms with Crippen LogP contribution in [0.15, 0.2) is 90.8 Å². The third kappa shape index (κ3) is 8.41. The largest absolute Gasteiger partial charge is 0.495 e. The summed E-state index contributed by atoms with van der Waals surface area (Å²) in [5, 5.41) is 12.4. The Balaban J connectivity index is 2.03. The maximum absolute atomic E-state index is 13.6. The lowest BCUT2D eigenvalue weighted by Gasteiger charge is -2.27. The smallest absolute Gasteiger partial charge is 0.335 e. The molecule has 1 amide bonds. The van der Waals surface area contributed by atoms with Gasteiger partial charge in [0.25, 0.3) is 0 Å². The van der Waals surface area contributed by atoms with Crippen molar-refractivity contribution in [1.29, 1.82) is 0 Å². The average Bonchev–Trinajstić information content (AvgIpc) is 2.98. The fourth-order valence-corrected chi connectivity index (χ4v) is 4.58. The molecule has 3 rings (SSSR count). The highest BCUT2D eigenvalue weighted by atomic mass is 35.5. The van der Waals surface area contributed by atoms with Crippen LogP contribution < -0.4 is 5.32 Å². The molecule has 3 aromatic carbocycles. The van der Waals surface area contributed by atoms with Crippen LogP contribution in [0.4, 0.5) is 5.69 Å². The van der Waals surface area contributed by atoms with Crippen LogP contribution in [-0.2, 0) is 20.7 Å². The molecular formula is C33H33ClN2O6. The Bertz CT molecular complexity index is 1480. The molecular weight excluding hydrogens is 556 g/mol. The SMILES string of the molecule is CCCC(=O)c1ccc(Cl)cc1C(=C/C=O)/C(=C\N(C)C(Cc1ccccc1)C(=O)Nc1ccc(C(=O)O)cc1)OC. The van der Waals surface area contributed by atoms with E-state index in [1.807, 2.05) is 37.3 Å². The predicted octanol–water partition coefficient (Wildman–Crippen LogP) is 6.27. The molecule has 0 aliphatic heterocycles. The summed E-state index contributed by atoms with van der Waals surface area (Å²) in [6.07, 6.45) is 4.80. The number of carboxylic acid groups (broad SMARTS) is 1. The fourth-order valence-electron chi connectivity index (χ4n) is 4.40. The van der Waals surface area contributed by atoms with Crippen molar-refractivity contribution < 1.29 is 29.0 Å². The van der Waals surface area contributed by atoms with E-state index in [1.165, 1.54) is 37.5 Å². The number of Topliss-reactive ketones (excluding diaryl/α,β-unsaturated/α-hetero) is 1. The Morgan fingerprint density at radius 2 is 1.71 bits per heavy atom. The number of allylic oxidation sites excluding steroid dienone is 2. The van der Waals surface area contributed by atoms with Gasteiger partial charge in [0.2, 0.25) is 5.91 Å². The van der Waals surface area contributed by atoms with E-state index in [0.29, 0.717) is 53.0 Å². The van der Waals surface area contributed by atoms with Crippen molar-refractivity contribution in [3.63, 3.8) is 0 Å². The van der Waals surface area contributed by atoms with Gasteiger partial charge in [-0.15, -0.1) is 0 Å². The molecule has 9 heteroatoms. The van der Waals surface area contributed by atoms with E-state index < -0.39 is 12.0 Å². The molecule has 0 fully saturated rings. The zero-order chi connectivity index (χ0) is 30.6. The number of anilines is 1. The summed E-state index contributed by atoms with van der Waals surface area (Å²) in [7, 11) is 3.14. The van der Waals surface area contributed by atoms with Crippen LogP contribution in [0.3, 0.4) is 0 Å². The monoisotopic (exact) mass is 588 g/mol. The number of ether oxygens (including phenoxy) is 1. The molecule has 1 atom stereocenters. The van der Waals surface area contributed by atoms with E-state index in [4.69, 9.17) is 16.3 Å². The predicted molar refractivity (Wildman–Crippen MR) is 164 cm³/mol. The molecule has 0 saturated carbocycles. The number of methoxy groups -OCH3 is 1. The van der Waals surface area contributed by atoms with Gasteiger partial charge in [-0.1, -0.05) is 48.9 Å². The third-order valence-electron chi connectivity index (χ3n) is 6.56. The van der Waals surface area contributed by atoms with E-state index in [0.717, 1.165) is 5.56 Å². The number of benzene rings is 3. The number of hydrogen-bond donors (Lipinski definition) is 2. The van der Waals surface area contributed by atoms with Crippen LogP contribution in [0.5, 0.6) is 0 Å². The summed E-state index contributed by atoms with van der Waals surface area (Å²) in [6.45, 7) is 1.91. The zero-order valence-electron chi connectivity index (χ0n) is 23.7. The lowest BCUT2D eigenvalue weighted by molar-refractivity contribution is -0.120. The Labute approximate surface area is 250 Å². The Hall–Kier alpha value is -4.69. The van der Waals surface area contributed by atoms with Gasteiger partial charge in [-0.25, -0.2) is 4.79 Å². The number of likely N-dealkylation sites (N-methyl/N-ethyl adjacent to an activating group) is 1. The third-order valence-corrected chi connectivity index (χ3v) is 6.79.